The van der Waals surface area contributed by atoms with Gasteiger partial charge >= 0.3 is 12.1 Å². The number of ether oxygens (including phenoxy) is 2. The first-order chi connectivity index (χ1) is 20.4. The van der Waals surface area contributed by atoms with Crippen LogP contribution in [-0.4, -0.2) is 46.8 Å². The van der Waals surface area contributed by atoms with Crippen molar-refractivity contribution in [3.05, 3.63) is 148 Å². The number of carbonyl (C=O) groups excluding carboxylic acids is 2. The molecule has 4 aromatic rings. The summed E-state index contributed by atoms with van der Waals surface area (Å²) in [6, 6.07) is 35.7. The van der Waals surface area contributed by atoms with Gasteiger partial charge in [0, 0.05) is 23.9 Å². The van der Waals surface area contributed by atoms with Gasteiger partial charge in [0.1, 0.15) is 12.6 Å². The van der Waals surface area contributed by atoms with Crippen LogP contribution < -0.4 is 0 Å². The van der Waals surface area contributed by atoms with E-state index in [1.54, 1.807) is 23.9 Å². The Kier molecular flexibility index (Phi) is 8.88. The average Bonchev–Trinajstić information content (AvgIpc) is 3.47. The molecular formula is C33H30N2O6S. The molecule has 0 spiro atoms. The number of esters is 1. The van der Waals surface area contributed by atoms with Gasteiger partial charge in [0.05, 0.1) is 16.8 Å². The Labute approximate surface area is 248 Å². The summed E-state index contributed by atoms with van der Waals surface area (Å²) < 4.78 is 10.0. The Balaban J connectivity index is 1.45. The van der Waals surface area contributed by atoms with Crippen LogP contribution in [0, 0.1) is 10.1 Å². The fourth-order valence-corrected chi connectivity index (χ4v) is 7.19. The molecule has 0 bridgehead atoms. The van der Waals surface area contributed by atoms with E-state index in [1.807, 2.05) is 54.6 Å². The standard InChI is InChI=1S/C33H30N2O6S/c1-40-31(36)30-21-29(22-34(30)32(37)41-23-24-17-19-28(20-18-24)35(38)39)42-33(25-11-5-2-6-12-25,26-13-7-3-8-14-26)27-15-9-4-10-16-27/h2-20,29-30H,21-23H2,1H3/t29-,30-/m0/s1. The van der Waals surface area contributed by atoms with Crippen molar-refractivity contribution in [1.82, 2.24) is 4.90 Å². The normalized spacial score (nSPS) is 16.5. The number of nitrogens with zero attached hydrogens (tertiary/aromatic N) is 2. The molecule has 0 unspecified atom stereocenters. The van der Waals surface area contributed by atoms with Crippen molar-refractivity contribution in [2.75, 3.05) is 13.7 Å². The van der Waals surface area contributed by atoms with Crippen LogP contribution in [0.1, 0.15) is 28.7 Å². The number of methoxy groups -OCH3 is 1. The quantitative estimate of drug-likeness (QED) is 0.0952. The summed E-state index contributed by atoms with van der Waals surface area (Å²) in [5, 5.41) is 10.8. The van der Waals surface area contributed by atoms with Gasteiger partial charge in [-0.2, -0.15) is 0 Å². The summed E-state index contributed by atoms with van der Waals surface area (Å²) in [5.41, 5.74) is 3.81. The summed E-state index contributed by atoms with van der Waals surface area (Å²) in [7, 11) is 1.31. The number of nitro groups is 1. The van der Waals surface area contributed by atoms with E-state index < -0.39 is 27.8 Å². The van der Waals surface area contributed by atoms with E-state index in [0.29, 0.717) is 12.0 Å². The highest BCUT2D eigenvalue weighted by atomic mass is 32.2. The lowest BCUT2D eigenvalue weighted by Gasteiger charge is -2.37. The first kappa shape index (κ1) is 28.9. The van der Waals surface area contributed by atoms with Crippen molar-refractivity contribution in [3.8, 4) is 0 Å². The number of nitro benzene ring substituents is 1. The Morgan fingerprint density at radius 2 is 1.36 bits per heavy atom. The minimum atomic E-state index is -0.808. The van der Waals surface area contributed by atoms with Crippen LogP contribution in [0.2, 0.25) is 0 Å². The molecule has 0 radical (unpaired) electrons. The van der Waals surface area contributed by atoms with Crippen LogP contribution in [0.15, 0.2) is 115 Å². The fraction of sp³-hybridized carbons (Fsp3) is 0.212. The molecule has 1 heterocycles. The third-order valence-electron chi connectivity index (χ3n) is 7.36. The predicted molar refractivity (Wildman–Crippen MR) is 161 cm³/mol. The Morgan fingerprint density at radius 1 is 0.857 bits per heavy atom. The van der Waals surface area contributed by atoms with Gasteiger partial charge in [-0.3, -0.25) is 15.0 Å². The second kappa shape index (κ2) is 12.9. The van der Waals surface area contributed by atoms with Crippen molar-refractivity contribution in [2.45, 2.75) is 29.1 Å². The Morgan fingerprint density at radius 3 is 1.81 bits per heavy atom. The second-order valence-electron chi connectivity index (χ2n) is 9.92. The summed E-state index contributed by atoms with van der Waals surface area (Å²) in [6.07, 6.45) is -0.255. The highest BCUT2D eigenvalue weighted by molar-refractivity contribution is 8.01. The molecule has 1 saturated heterocycles. The molecule has 8 nitrogen and oxygen atoms in total. The maximum Gasteiger partial charge on any atom is 0.410 e. The zero-order valence-electron chi connectivity index (χ0n) is 23.0. The van der Waals surface area contributed by atoms with Gasteiger partial charge in [-0.05, 0) is 40.8 Å². The second-order valence-corrected chi connectivity index (χ2v) is 11.4. The molecule has 9 heteroatoms. The molecule has 0 N–H and O–H groups in total. The van der Waals surface area contributed by atoms with E-state index in [0.717, 1.165) is 16.7 Å². The number of benzene rings is 4. The zero-order chi connectivity index (χ0) is 29.5. The first-order valence-corrected chi connectivity index (χ1v) is 14.4. The molecule has 4 aromatic carbocycles. The average molecular weight is 583 g/mol. The van der Waals surface area contributed by atoms with Gasteiger partial charge in [0.2, 0.25) is 0 Å². The van der Waals surface area contributed by atoms with Crippen molar-refractivity contribution < 1.29 is 24.0 Å². The van der Waals surface area contributed by atoms with Gasteiger partial charge in [0.25, 0.3) is 5.69 Å². The fourth-order valence-electron chi connectivity index (χ4n) is 5.36. The van der Waals surface area contributed by atoms with Gasteiger partial charge in [-0.15, -0.1) is 11.8 Å². The van der Waals surface area contributed by atoms with Crippen LogP contribution >= 0.6 is 11.8 Å². The zero-order valence-corrected chi connectivity index (χ0v) is 23.8. The van der Waals surface area contributed by atoms with Crippen molar-refractivity contribution in [3.63, 3.8) is 0 Å². The number of hydrogen-bond donors (Lipinski definition) is 0. The smallest absolute Gasteiger partial charge is 0.410 e. The molecule has 0 aromatic heterocycles. The van der Waals surface area contributed by atoms with E-state index in [4.69, 9.17) is 9.47 Å². The number of amides is 1. The van der Waals surface area contributed by atoms with Crippen LogP contribution in [0.25, 0.3) is 0 Å². The number of likely N-dealkylation sites (tertiary alicyclic amines) is 1. The highest BCUT2D eigenvalue weighted by Gasteiger charge is 2.47. The van der Waals surface area contributed by atoms with E-state index >= 15 is 0 Å². The van der Waals surface area contributed by atoms with Gasteiger partial charge in [0.15, 0.2) is 0 Å². The molecule has 1 aliphatic rings. The van der Waals surface area contributed by atoms with E-state index in [9.17, 15) is 19.7 Å². The lowest BCUT2D eigenvalue weighted by Crippen LogP contribution is -2.41. The minimum Gasteiger partial charge on any atom is -0.467 e. The molecule has 1 aliphatic heterocycles. The number of rotatable bonds is 9. The number of thioether (sulfide) groups is 1. The molecule has 5 rings (SSSR count). The van der Waals surface area contributed by atoms with Crippen molar-refractivity contribution in [2.24, 2.45) is 0 Å². The Bertz CT molecular complexity index is 1420. The monoisotopic (exact) mass is 582 g/mol. The van der Waals surface area contributed by atoms with Gasteiger partial charge in [-0.25, -0.2) is 9.59 Å². The van der Waals surface area contributed by atoms with Crippen LogP contribution in [-0.2, 0) is 25.6 Å². The molecule has 1 fully saturated rings. The molecule has 42 heavy (non-hydrogen) atoms. The SMILES string of the molecule is COC(=O)[C@@H]1C[C@H](SC(c2ccccc2)(c2ccccc2)c2ccccc2)CN1C(=O)OCc1ccc([N+](=O)[O-])cc1. The third kappa shape index (κ3) is 6.01. The maximum atomic E-state index is 13.3. The number of carbonyl (C=O) groups is 2. The van der Waals surface area contributed by atoms with Gasteiger partial charge in [-0.1, -0.05) is 91.0 Å². The molecule has 1 amide bonds. The number of hydrogen-bond acceptors (Lipinski definition) is 7. The van der Waals surface area contributed by atoms with Crippen LogP contribution in [0.5, 0.6) is 0 Å². The predicted octanol–water partition coefficient (Wildman–Crippen LogP) is 6.57. The lowest BCUT2D eigenvalue weighted by atomic mass is 9.84. The highest BCUT2D eigenvalue weighted by Crippen LogP contribution is 2.52. The minimum absolute atomic E-state index is 0.0472. The Hall–Kier alpha value is -4.63. The van der Waals surface area contributed by atoms with Crippen LogP contribution in [0.4, 0.5) is 10.5 Å². The summed E-state index contributed by atoms with van der Waals surface area (Å²) >= 11 is 1.71. The largest absolute Gasteiger partial charge is 0.467 e. The van der Waals surface area contributed by atoms with Gasteiger partial charge < -0.3 is 9.47 Å². The van der Waals surface area contributed by atoms with E-state index in [1.165, 1.54) is 24.1 Å². The number of non-ortho nitro benzene ring substituents is 1. The first-order valence-electron chi connectivity index (χ1n) is 13.5. The summed E-state index contributed by atoms with van der Waals surface area (Å²) in [4.78, 5) is 38.1. The van der Waals surface area contributed by atoms with Crippen LogP contribution in [0.3, 0.4) is 0 Å². The molecule has 0 saturated carbocycles. The molecule has 0 aliphatic carbocycles. The third-order valence-corrected chi connectivity index (χ3v) is 9.10. The topological polar surface area (TPSA) is 99.0 Å². The summed E-state index contributed by atoms with van der Waals surface area (Å²) in [5.74, 6) is -0.505. The lowest BCUT2D eigenvalue weighted by molar-refractivity contribution is -0.384. The summed E-state index contributed by atoms with van der Waals surface area (Å²) in [6.45, 7) is 0.193. The molecule has 2 atom stereocenters. The van der Waals surface area contributed by atoms with Crippen molar-refractivity contribution in [1.29, 1.82) is 0 Å². The maximum absolute atomic E-state index is 13.3. The van der Waals surface area contributed by atoms with Crippen molar-refractivity contribution >= 4 is 29.5 Å². The van der Waals surface area contributed by atoms with E-state index in [2.05, 4.69) is 36.4 Å². The molecule has 214 valence electrons. The molecular weight excluding hydrogens is 552 g/mol. The van der Waals surface area contributed by atoms with E-state index in [-0.39, 0.29) is 24.1 Å².